The molecule has 5 nitrogen and oxygen atoms in total. The van der Waals surface area contributed by atoms with Gasteiger partial charge < -0.3 is 10.6 Å². The minimum absolute atomic E-state index is 0.107. The molecule has 0 fully saturated rings. The highest BCUT2D eigenvalue weighted by molar-refractivity contribution is 7.12. The third-order valence-electron chi connectivity index (χ3n) is 2.80. The first-order valence-electron chi connectivity index (χ1n) is 6.66. The van der Waals surface area contributed by atoms with Gasteiger partial charge in [0.05, 0.1) is 17.1 Å². The van der Waals surface area contributed by atoms with E-state index in [2.05, 4.69) is 15.6 Å². The Morgan fingerprint density at radius 3 is 2.76 bits per heavy atom. The van der Waals surface area contributed by atoms with Gasteiger partial charge in [0.15, 0.2) is 0 Å². The molecule has 2 N–H and O–H groups in total. The van der Waals surface area contributed by atoms with Crippen LogP contribution in [-0.2, 0) is 11.3 Å². The molecular formula is C15H17N3O2S. The first kappa shape index (κ1) is 15.2. The van der Waals surface area contributed by atoms with Gasteiger partial charge in [-0.25, -0.2) is 0 Å². The highest BCUT2D eigenvalue weighted by Crippen LogP contribution is 2.07. The molecule has 0 aliphatic rings. The van der Waals surface area contributed by atoms with Crippen molar-refractivity contribution in [2.45, 2.75) is 19.9 Å². The Labute approximate surface area is 127 Å². The van der Waals surface area contributed by atoms with Crippen LogP contribution >= 0.6 is 11.3 Å². The Bertz CT molecular complexity index is 611. The van der Waals surface area contributed by atoms with E-state index in [1.807, 2.05) is 36.6 Å². The number of amides is 2. The van der Waals surface area contributed by atoms with E-state index >= 15 is 0 Å². The fraction of sp³-hybridized carbons (Fsp3) is 0.267. The molecule has 0 spiro atoms. The average molecular weight is 303 g/mol. The van der Waals surface area contributed by atoms with Crippen LogP contribution in [-0.4, -0.2) is 23.3 Å². The fourth-order valence-electron chi connectivity index (χ4n) is 1.76. The molecule has 0 atom stereocenters. The zero-order chi connectivity index (χ0) is 15.1. The van der Waals surface area contributed by atoms with Crippen LogP contribution in [0.4, 0.5) is 0 Å². The van der Waals surface area contributed by atoms with Gasteiger partial charge in [0.2, 0.25) is 5.91 Å². The van der Waals surface area contributed by atoms with Gasteiger partial charge in [-0.05, 0) is 30.5 Å². The van der Waals surface area contributed by atoms with E-state index < -0.39 is 0 Å². The molecule has 0 unspecified atom stereocenters. The third-order valence-corrected chi connectivity index (χ3v) is 3.66. The number of aromatic nitrogens is 1. The van der Waals surface area contributed by atoms with Crippen LogP contribution in [0.3, 0.4) is 0 Å². The summed E-state index contributed by atoms with van der Waals surface area (Å²) in [6.45, 7) is 2.63. The van der Waals surface area contributed by atoms with Crippen molar-refractivity contribution in [2.24, 2.45) is 0 Å². The number of hydrogen-bond acceptors (Lipinski definition) is 4. The molecule has 0 saturated carbocycles. The molecule has 21 heavy (non-hydrogen) atoms. The van der Waals surface area contributed by atoms with Gasteiger partial charge in [-0.3, -0.25) is 14.6 Å². The smallest absolute Gasteiger partial charge is 0.261 e. The number of nitrogens with one attached hydrogen (secondary N) is 2. The normalized spacial score (nSPS) is 10.1. The highest BCUT2D eigenvalue weighted by Gasteiger charge is 2.07. The summed E-state index contributed by atoms with van der Waals surface area (Å²) in [6.07, 6.45) is 0.253. The topological polar surface area (TPSA) is 71.1 Å². The van der Waals surface area contributed by atoms with E-state index in [1.165, 1.54) is 11.3 Å². The largest absolute Gasteiger partial charge is 0.351 e. The first-order chi connectivity index (χ1) is 10.1. The number of hydrogen-bond donors (Lipinski definition) is 2. The summed E-state index contributed by atoms with van der Waals surface area (Å²) < 4.78 is 0. The van der Waals surface area contributed by atoms with Crippen LogP contribution in [0.5, 0.6) is 0 Å². The molecule has 0 aliphatic heterocycles. The molecule has 2 amide bonds. The molecule has 0 radical (unpaired) electrons. The molecule has 0 saturated heterocycles. The Balaban J connectivity index is 1.67. The van der Waals surface area contributed by atoms with E-state index in [0.29, 0.717) is 18.0 Å². The highest BCUT2D eigenvalue weighted by atomic mass is 32.1. The van der Waals surface area contributed by atoms with Crippen LogP contribution in [0.1, 0.15) is 27.5 Å². The molecule has 0 aromatic carbocycles. The zero-order valence-corrected chi connectivity index (χ0v) is 12.6. The molecule has 2 heterocycles. The lowest BCUT2D eigenvalue weighted by Gasteiger charge is -2.06. The van der Waals surface area contributed by atoms with Crippen molar-refractivity contribution in [3.8, 4) is 0 Å². The predicted molar refractivity (Wildman–Crippen MR) is 82.1 cm³/mol. The Hall–Kier alpha value is -2.21. The number of pyridine rings is 1. The fourth-order valence-corrected chi connectivity index (χ4v) is 2.40. The van der Waals surface area contributed by atoms with E-state index in [4.69, 9.17) is 0 Å². The maximum atomic E-state index is 11.7. The summed E-state index contributed by atoms with van der Waals surface area (Å²) in [5.74, 6) is -0.247. The third kappa shape index (κ3) is 5.00. The van der Waals surface area contributed by atoms with Crippen LogP contribution in [0.15, 0.2) is 35.7 Å². The Morgan fingerprint density at radius 1 is 1.19 bits per heavy atom. The SMILES string of the molecule is Cc1cccc(CNC(=O)CCNC(=O)c2cccs2)n1. The molecule has 110 valence electrons. The standard InChI is InChI=1S/C15H17N3O2S/c1-11-4-2-5-12(18-11)10-17-14(19)7-8-16-15(20)13-6-3-9-21-13/h2-6,9H,7-8,10H2,1H3,(H,16,20)(H,17,19). The van der Waals surface area contributed by atoms with E-state index in [9.17, 15) is 9.59 Å². The molecule has 0 bridgehead atoms. The number of thiophene rings is 1. The second kappa shape index (κ2) is 7.54. The number of rotatable bonds is 6. The van der Waals surface area contributed by atoms with E-state index in [0.717, 1.165) is 11.4 Å². The van der Waals surface area contributed by atoms with Crippen molar-refractivity contribution in [1.29, 1.82) is 0 Å². The zero-order valence-electron chi connectivity index (χ0n) is 11.8. The second-order valence-corrected chi connectivity index (χ2v) is 5.48. The Morgan fingerprint density at radius 2 is 2.05 bits per heavy atom. The van der Waals surface area contributed by atoms with Crippen molar-refractivity contribution in [3.63, 3.8) is 0 Å². The van der Waals surface area contributed by atoms with Crippen LogP contribution in [0.2, 0.25) is 0 Å². The van der Waals surface area contributed by atoms with Gasteiger partial charge in [-0.2, -0.15) is 0 Å². The summed E-state index contributed by atoms with van der Waals surface area (Å²) in [4.78, 5) is 28.3. The van der Waals surface area contributed by atoms with Gasteiger partial charge in [0, 0.05) is 18.7 Å². The van der Waals surface area contributed by atoms with Crippen molar-refractivity contribution in [2.75, 3.05) is 6.54 Å². The van der Waals surface area contributed by atoms with Gasteiger partial charge in [-0.1, -0.05) is 12.1 Å². The van der Waals surface area contributed by atoms with Gasteiger partial charge >= 0.3 is 0 Å². The molecule has 6 heteroatoms. The Kier molecular flexibility index (Phi) is 5.45. The lowest BCUT2D eigenvalue weighted by molar-refractivity contribution is -0.121. The molecule has 2 aromatic rings. The second-order valence-electron chi connectivity index (χ2n) is 4.53. The number of aryl methyl sites for hydroxylation is 1. The van der Waals surface area contributed by atoms with E-state index in [-0.39, 0.29) is 18.2 Å². The van der Waals surface area contributed by atoms with Gasteiger partial charge in [0.1, 0.15) is 0 Å². The lowest BCUT2D eigenvalue weighted by Crippen LogP contribution is -2.30. The van der Waals surface area contributed by atoms with E-state index in [1.54, 1.807) is 6.07 Å². The van der Waals surface area contributed by atoms with Crippen LogP contribution < -0.4 is 10.6 Å². The maximum Gasteiger partial charge on any atom is 0.261 e. The number of nitrogens with zero attached hydrogens (tertiary/aromatic N) is 1. The minimum atomic E-state index is -0.141. The van der Waals surface area contributed by atoms with Crippen molar-refractivity contribution in [3.05, 3.63) is 52.0 Å². The average Bonchev–Trinajstić information content (AvgIpc) is 2.99. The summed E-state index contributed by atoms with van der Waals surface area (Å²) in [6, 6.07) is 9.26. The molecule has 2 aromatic heterocycles. The summed E-state index contributed by atoms with van der Waals surface area (Å²) in [7, 11) is 0. The minimum Gasteiger partial charge on any atom is -0.351 e. The first-order valence-corrected chi connectivity index (χ1v) is 7.54. The molecule has 2 rings (SSSR count). The number of carbonyl (C=O) groups is 2. The van der Waals surface area contributed by atoms with Crippen molar-refractivity contribution < 1.29 is 9.59 Å². The van der Waals surface area contributed by atoms with Gasteiger partial charge in [0.25, 0.3) is 5.91 Å². The monoisotopic (exact) mass is 303 g/mol. The van der Waals surface area contributed by atoms with Crippen LogP contribution in [0.25, 0.3) is 0 Å². The predicted octanol–water partition coefficient (Wildman–Crippen LogP) is 1.89. The number of carbonyl (C=O) groups excluding carboxylic acids is 2. The van der Waals surface area contributed by atoms with Crippen molar-refractivity contribution >= 4 is 23.2 Å². The quantitative estimate of drug-likeness (QED) is 0.856. The molecule has 0 aliphatic carbocycles. The summed E-state index contributed by atoms with van der Waals surface area (Å²) in [5, 5.41) is 7.35. The summed E-state index contributed by atoms with van der Waals surface area (Å²) >= 11 is 1.38. The maximum absolute atomic E-state index is 11.7. The lowest BCUT2D eigenvalue weighted by atomic mass is 10.3. The molecular weight excluding hydrogens is 286 g/mol. The van der Waals surface area contributed by atoms with Gasteiger partial charge in [-0.15, -0.1) is 11.3 Å². The van der Waals surface area contributed by atoms with Crippen LogP contribution in [0, 0.1) is 6.92 Å². The van der Waals surface area contributed by atoms with Crippen molar-refractivity contribution in [1.82, 2.24) is 15.6 Å². The summed E-state index contributed by atoms with van der Waals surface area (Å²) in [5.41, 5.74) is 1.75.